The molecule has 16 heavy (non-hydrogen) atoms. The molecule has 1 saturated carbocycles. The number of hydrogen-bond donors (Lipinski definition) is 1. The number of nitrogens with zero attached hydrogens (tertiary/aromatic N) is 1. The van der Waals surface area contributed by atoms with Crippen LogP contribution in [0.15, 0.2) is 0 Å². The first kappa shape index (κ1) is 14.0. The average molecular weight is 226 g/mol. The second-order valence-electron chi connectivity index (χ2n) is 6.39. The van der Waals surface area contributed by atoms with Gasteiger partial charge < -0.3 is 10.6 Å². The maximum absolute atomic E-state index is 6.35. The van der Waals surface area contributed by atoms with Crippen LogP contribution >= 0.6 is 0 Å². The maximum atomic E-state index is 6.35. The Morgan fingerprint density at radius 3 is 2.50 bits per heavy atom. The van der Waals surface area contributed by atoms with Gasteiger partial charge in [0.1, 0.15) is 0 Å². The minimum Gasteiger partial charge on any atom is -0.327 e. The van der Waals surface area contributed by atoms with Crippen LogP contribution in [0.2, 0.25) is 0 Å². The summed E-state index contributed by atoms with van der Waals surface area (Å²) < 4.78 is 0. The van der Waals surface area contributed by atoms with Crippen LogP contribution in [-0.2, 0) is 0 Å². The molecule has 0 aliphatic heterocycles. The molecule has 0 aromatic carbocycles. The highest BCUT2D eigenvalue weighted by Gasteiger charge is 2.39. The lowest BCUT2D eigenvalue weighted by Crippen LogP contribution is -2.43. The van der Waals surface area contributed by atoms with Crippen molar-refractivity contribution in [1.29, 1.82) is 0 Å². The van der Waals surface area contributed by atoms with Crippen LogP contribution in [-0.4, -0.2) is 30.6 Å². The predicted molar refractivity (Wildman–Crippen MR) is 71.5 cm³/mol. The lowest BCUT2D eigenvalue weighted by Gasteiger charge is -2.32. The number of rotatable bonds is 5. The summed E-state index contributed by atoms with van der Waals surface area (Å²) in [6.07, 6.45) is 5.15. The van der Waals surface area contributed by atoms with Crippen molar-refractivity contribution < 1.29 is 0 Å². The van der Waals surface area contributed by atoms with E-state index in [2.05, 4.69) is 39.6 Å². The molecule has 2 nitrogen and oxygen atoms in total. The third-order valence-electron chi connectivity index (χ3n) is 4.55. The van der Waals surface area contributed by atoms with Crippen LogP contribution in [0.4, 0.5) is 0 Å². The Bertz CT molecular complexity index is 213. The van der Waals surface area contributed by atoms with Crippen molar-refractivity contribution >= 4 is 0 Å². The third-order valence-corrected chi connectivity index (χ3v) is 4.55. The molecule has 3 atom stereocenters. The van der Waals surface area contributed by atoms with Crippen molar-refractivity contribution in [2.45, 2.75) is 65.5 Å². The van der Waals surface area contributed by atoms with E-state index < -0.39 is 0 Å². The van der Waals surface area contributed by atoms with Gasteiger partial charge in [-0.25, -0.2) is 0 Å². The molecule has 0 heterocycles. The largest absolute Gasteiger partial charge is 0.327 e. The van der Waals surface area contributed by atoms with Gasteiger partial charge in [0, 0.05) is 18.6 Å². The first-order chi connectivity index (χ1) is 7.38. The zero-order valence-corrected chi connectivity index (χ0v) is 11.8. The van der Waals surface area contributed by atoms with Crippen LogP contribution in [0.1, 0.15) is 53.4 Å². The predicted octanol–water partition coefficient (Wildman–Crippen LogP) is 2.87. The molecular formula is C14H30N2. The normalized spacial score (nSPS) is 30.9. The zero-order chi connectivity index (χ0) is 12.3. The van der Waals surface area contributed by atoms with Gasteiger partial charge in [0.15, 0.2) is 0 Å². The van der Waals surface area contributed by atoms with E-state index in [4.69, 9.17) is 5.73 Å². The van der Waals surface area contributed by atoms with Crippen molar-refractivity contribution in [2.24, 2.45) is 17.1 Å². The summed E-state index contributed by atoms with van der Waals surface area (Å²) in [5, 5.41) is 0. The second-order valence-corrected chi connectivity index (χ2v) is 6.39. The summed E-state index contributed by atoms with van der Waals surface area (Å²) in [6, 6.07) is 1.07. The van der Waals surface area contributed by atoms with Crippen molar-refractivity contribution in [3.63, 3.8) is 0 Å². The molecule has 3 unspecified atom stereocenters. The van der Waals surface area contributed by atoms with Crippen LogP contribution in [0.25, 0.3) is 0 Å². The van der Waals surface area contributed by atoms with Gasteiger partial charge in [-0.15, -0.1) is 0 Å². The van der Waals surface area contributed by atoms with Crippen LogP contribution in [0, 0.1) is 11.3 Å². The van der Waals surface area contributed by atoms with E-state index in [-0.39, 0.29) is 0 Å². The number of hydrogen-bond acceptors (Lipinski definition) is 2. The van der Waals surface area contributed by atoms with Crippen molar-refractivity contribution in [3.05, 3.63) is 0 Å². The summed E-state index contributed by atoms with van der Waals surface area (Å²) in [5.41, 5.74) is 6.70. The van der Waals surface area contributed by atoms with Gasteiger partial charge in [0.25, 0.3) is 0 Å². The monoisotopic (exact) mass is 226 g/mol. The highest BCUT2D eigenvalue weighted by molar-refractivity contribution is 4.95. The molecule has 1 aliphatic rings. The van der Waals surface area contributed by atoms with E-state index in [1.807, 2.05) is 0 Å². The topological polar surface area (TPSA) is 29.3 Å². The first-order valence-electron chi connectivity index (χ1n) is 6.84. The lowest BCUT2D eigenvalue weighted by molar-refractivity contribution is 0.188. The number of nitrogens with two attached hydrogens (primary N) is 1. The Balaban J connectivity index is 2.43. The molecule has 0 spiro atoms. The van der Waals surface area contributed by atoms with Crippen LogP contribution in [0.3, 0.4) is 0 Å². The van der Waals surface area contributed by atoms with Crippen LogP contribution in [0.5, 0.6) is 0 Å². The summed E-state index contributed by atoms with van der Waals surface area (Å²) in [6.45, 7) is 10.4. The fourth-order valence-corrected chi connectivity index (χ4v) is 2.93. The first-order valence-corrected chi connectivity index (χ1v) is 6.84. The molecule has 2 heteroatoms. The summed E-state index contributed by atoms with van der Waals surface area (Å²) in [4.78, 5) is 2.50. The molecule has 1 rings (SSSR count). The molecule has 0 aromatic heterocycles. The molecule has 0 aromatic rings. The van der Waals surface area contributed by atoms with Gasteiger partial charge in [-0.2, -0.15) is 0 Å². The van der Waals surface area contributed by atoms with Gasteiger partial charge in [-0.1, -0.05) is 27.2 Å². The van der Waals surface area contributed by atoms with Gasteiger partial charge in [-0.05, 0) is 44.6 Å². The standard InChI is InChI=1S/C14H30N2/c1-6-7-11(2)16(5)10-12-8-9-14(3,4)13(12)15/h11-13H,6-10,15H2,1-5H3. The molecule has 1 aliphatic carbocycles. The highest BCUT2D eigenvalue weighted by Crippen LogP contribution is 2.40. The average Bonchev–Trinajstić information content (AvgIpc) is 2.45. The summed E-state index contributed by atoms with van der Waals surface area (Å²) in [5.74, 6) is 0.694. The lowest BCUT2D eigenvalue weighted by atomic mass is 9.85. The summed E-state index contributed by atoms with van der Waals surface area (Å²) >= 11 is 0. The van der Waals surface area contributed by atoms with Gasteiger partial charge in [0.2, 0.25) is 0 Å². The van der Waals surface area contributed by atoms with E-state index in [0.29, 0.717) is 23.4 Å². The molecule has 2 N–H and O–H groups in total. The van der Waals surface area contributed by atoms with E-state index in [0.717, 1.165) is 0 Å². The molecular weight excluding hydrogens is 196 g/mol. The molecule has 0 amide bonds. The zero-order valence-electron chi connectivity index (χ0n) is 11.8. The second kappa shape index (κ2) is 5.50. The Labute approximate surface area is 102 Å². The summed E-state index contributed by atoms with van der Waals surface area (Å²) in [7, 11) is 2.25. The minimum absolute atomic E-state index is 0.347. The van der Waals surface area contributed by atoms with Crippen molar-refractivity contribution in [2.75, 3.05) is 13.6 Å². The van der Waals surface area contributed by atoms with E-state index >= 15 is 0 Å². The molecule has 0 bridgehead atoms. The molecule has 0 saturated heterocycles. The van der Waals surface area contributed by atoms with E-state index in [1.54, 1.807) is 0 Å². The van der Waals surface area contributed by atoms with Gasteiger partial charge in [-0.3, -0.25) is 0 Å². The molecule has 96 valence electrons. The van der Waals surface area contributed by atoms with Crippen molar-refractivity contribution in [3.8, 4) is 0 Å². The Kier molecular flexibility index (Phi) is 4.81. The quantitative estimate of drug-likeness (QED) is 0.781. The van der Waals surface area contributed by atoms with Crippen molar-refractivity contribution in [1.82, 2.24) is 4.90 Å². The Morgan fingerprint density at radius 2 is 2.06 bits per heavy atom. The maximum Gasteiger partial charge on any atom is 0.0131 e. The molecule has 0 radical (unpaired) electrons. The van der Waals surface area contributed by atoms with Gasteiger partial charge in [0.05, 0.1) is 0 Å². The van der Waals surface area contributed by atoms with Gasteiger partial charge >= 0.3 is 0 Å². The van der Waals surface area contributed by atoms with Crippen LogP contribution < -0.4 is 5.73 Å². The fraction of sp³-hybridized carbons (Fsp3) is 1.00. The van der Waals surface area contributed by atoms with E-state index in [1.165, 1.54) is 32.2 Å². The highest BCUT2D eigenvalue weighted by atomic mass is 15.1. The SMILES string of the molecule is CCCC(C)N(C)CC1CCC(C)(C)C1N. The Morgan fingerprint density at radius 1 is 1.44 bits per heavy atom. The fourth-order valence-electron chi connectivity index (χ4n) is 2.93. The van der Waals surface area contributed by atoms with E-state index in [9.17, 15) is 0 Å². The Hall–Kier alpha value is -0.0800. The smallest absolute Gasteiger partial charge is 0.0131 e. The molecule has 1 fully saturated rings. The minimum atomic E-state index is 0.347. The third kappa shape index (κ3) is 3.21.